The lowest BCUT2D eigenvalue weighted by Gasteiger charge is -2.08. The fourth-order valence-corrected chi connectivity index (χ4v) is 1.84. The Labute approximate surface area is 110 Å². The highest BCUT2D eigenvalue weighted by Gasteiger charge is 2.30. The molecule has 1 aliphatic rings. The largest absolute Gasteiger partial charge is 0.573 e. The number of ether oxygens (including phenoxy) is 1. The Balaban J connectivity index is 2.03. The average molecular weight is 266 g/mol. The minimum Gasteiger partial charge on any atom is -0.406 e. The lowest BCUT2D eigenvalue weighted by molar-refractivity contribution is -0.274. The fraction of sp³-hybridized carbons (Fsp3) is 0.333. The van der Waals surface area contributed by atoms with Crippen molar-refractivity contribution >= 4 is 0 Å². The van der Waals surface area contributed by atoms with Crippen molar-refractivity contribution in [3.8, 4) is 17.6 Å². The molecule has 2 rings (SSSR count). The topological polar surface area (TPSA) is 9.23 Å². The van der Waals surface area contributed by atoms with Crippen LogP contribution in [0.1, 0.15) is 31.2 Å². The van der Waals surface area contributed by atoms with E-state index in [4.69, 9.17) is 0 Å². The molecule has 19 heavy (non-hydrogen) atoms. The first-order valence-electron chi connectivity index (χ1n) is 6.10. The summed E-state index contributed by atoms with van der Waals surface area (Å²) in [4.78, 5) is 0. The van der Waals surface area contributed by atoms with Gasteiger partial charge in [-0.05, 0) is 55.5 Å². The molecule has 1 nitrogen and oxygen atoms in total. The van der Waals surface area contributed by atoms with Crippen molar-refractivity contribution in [1.82, 2.24) is 0 Å². The van der Waals surface area contributed by atoms with E-state index in [-0.39, 0.29) is 5.75 Å². The number of hydrogen-bond acceptors (Lipinski definition) is 1. The van der Waals surface area contributed by atoms with Gasteiger partial charge in [-0.1, -0.05) is 17.9 Å². The SMILES string of the molecule is FC(F)(F)Oc1ccc(C#CC2=CCCCC2)cc1. The molecular weight excluding hydrogens is 253 g/mol. The van der Waals surface area contributed by atoms with Crippen LogP contribution in [0.2, 0.25) is 0 Å². The van der Waals surface area contributed by atoms with Crippen LogP contribution in [0.5, 0.6) is 5.75 Å². The Morgan fingerprint density at radius 1 is 1.00 bits per heavy atom. The van der Waals surface area contributed by atoms with E-state index in [2.05, 4.69) is 22.7 Å². The van der Waals surface area contributed by atoms with Crippen molar-refractivity contribution in [2.75, 3.05) is 0 Å². The molecule has 0 amide bonds. The van der Waals surface area contributed by atoms with Gasteiger partial charge < -0.3 is 4.74 Å². The molecule has 0 N–H and O–H groups in total. The maximum Gasteiger partial charge on any atom is 0.573 e. The zero-order valence-corrected chi connectivity index (χ0v) is 10.3. The molecule has 0 aliphatic heterocycles. The lowest BCUT2D eigenvalue weighted by atomic mass is 10.00. The van der Waals surface area contributed by atoms with E-state index in [0.29, 0.717) is 5.56 Å². The minimum atomic E-state index is -4.65. The highest BCUT2D eigenvalue weighted by Crippen LogP contribution is 2.22. The summed E-state index contributed by atoms with van der Waals surface area (Å²) in [5, 5.41) is 0. The van der Waals surface area contributed by atoms with E-state index in [1.54, 1.807) is 0 Å². The van der Waals surface area contributed by atoms with E-state index in [9.17, 15) is 13.2 Å². The van der Waals surface area contributed by atoms with Gasteiger partial charge in [0.15, 0.2) is 0 Å². The molecule has 4 heteroatoms. The molecule has 0 fully saturated rings. The summed E-state index contributed by atoms with van der Waals surface area (Å²) in [5.74, 6) is 5.78. The molecule has 0 unspecified atom stereocenters. The van der Waals surface area contributed by atoms with Gasteiger partial charge in [-0.15, -0.1) is 13.2 Å². The van der Waals surface area contributed by atoms with E-state index < -0.39 is 6.36 Å². The average Bonchev–Trinajstić information content (AvgIpc) is 2.37. The molecule has 0 heterocycles. The summed E-state index contributed by atoms with van der Waals surface area (Å²) in [6.45, 7) is 0. The van der Waals surface area contributed by atoms with Gasteiger partial charge in [-0.3, -0.25) is 0 Å². The van der Waals surface area contributed by atoms with Gasteiger partial charge in [0.25, 0.3) is 0 Å². The highest BCUT2D eigenvalue weighted by molar-refractivity contribution is 5.43. The van der Waals surface area contributed by atoms with Crippen LogP contribution in [-0.2, 0) is 0 Å². The second-order valence-electron chi connectivity index (χ2n) is 4.30. The van der Waals surface area contributed by atoms with Gasteiger partial charge in [0.1, 0.15) is 5.75 Å². The summed E-state index contributed by atoms with van der Waals surface area (Å²) >= 11 is 0. The highest BCUT2D eigenvalue weighted by atomic mass is 19.4. The van der Waals surface area contributed by atoms with E-state index in [0.717, 1.165) is 24.8 Å². The summed E-state index contributed by atoms with van der Waals surface area (Å²) < 4.78 is 39.7. The van der Waals surface area contributed by atoms with Crippen LogP contribution >= 0.6 is 0 Å². The number of allylic oxidation sites excluding steroid dienone is 2. The van der Waals surface area contributed by atoms with Gasteiger partial charge in [-0.2, -0.15) is 0 Å². The smallest absolute Gasteiger partial charge is 0.406 e. The maximum atomic E-state index is 12.0. The van der Waals surface area contributed by atoms with Crippen molar-refractivity contribution < 1.29 is 17.9 Å². The summed E-state index contributed by atoms with van der Waals surface area (Å²) in [6, 6.07) is 5.59. The third-order valence-corrected chi connectivity index (χ3v) is 2.75. The predicted octanol–water partition coefficient (Wildman–Crippen LogP) is 4.44. The maximum absolute atomic E-state index is 12.0. The number of alkyl halides is 3. The van der Waals surface area contributed by atoms with Gasteiger partial charge in [0, 0.05) is 5.56 Å². The first kappa shape index (κ1) is 13.5. The quantitative estimate of drug-likeness (QED) is 0.683. The van der Waals surface area contributed by atoms with E-state index in [1.807, 2.05) is 0 Å². The summed E-state index contributed by atoms with van der Waals surface area (Å²) in [6.07, 6.45) is 1.87. The van der Waals surface area contributed by atoms with E-state index >= 15 is 0 Å². The Morgan fingerprint density at radius 3 is 2.32 bits per heavy atom. The molecular formula is C15H13F3O. The molecule has 100 valence electrons. The first-order chi connectivity index (χ1) is 9.03. The lowest BCUT2D eigenvalue weighted by Crippen LogP contribution is -2.16. The molecule has 1 aromatic carbocycles. The molecule has 0 aromatic heterocycles. The standard InChI is InChI=1S/C15H13F3O/c16-15(17,18)19-14-10-8-13(9-11-14)7-6-12-4-2-1-3-5-12/h4,8-11H,1-3,5H2. The second-order valence-corrected chi connectivity index (χ2v) is 4.30. The Morgan fingerprint density at radius 2 is 1.74 bits per heavy atom. The van der Waals surface area contributed by atoms with Crippen molar-refractivity contribution in [3.05, 3.63) is 41.5 Å². The molecule has 0 spiro atoms. The number of rotatable bonds is 1. The molecule has 0 radical (unpaired) electrons. The van der Waals surface area contributed by atoms with Crippen LogP contribution < -0.4 is 4.74 Å². The Bertz CT molecular complexity index is 515. The molecule has 1 aliphatic carbocycles. The van der Waals surface area contributed by atoms with Gasteiger partial charge in [-0.25, -0.2) is 0 Å². The third-order valence-electron chi connectivity index (χ3n) is 2.75. The van der Waals surface area contributed by atoms with Gasteiger partial charge >= 0.3 is 6.36 Å². The fourth-order valence-electron chi connectivity index (χ4n) is 1.84. The van der Waals surface area contributed by atoms with Crippen molar-refractivity contribution in [2.45, 2.75) is 32.0 Å². The van der Waals surface area contributed by atoms with Crippen molar-refractivity contribution in [1.29, 1.82) is 0 Å². The van der Waals surface area contributed by atoms with Crippen LogP contribution in [0, 0.1) is 11.8 Å². The van der Waals surface area contributed by atoms with Crippen LogP contribution in [0.25, 0.3) is 0 Å². The Kier molecular flexibility index (Phi) is 4.16. The Hall–Kier alpha value is -1.89. The molecule has 0 saturated carbocycles. The number of halogens is 3. The molecule has 1 aromatic rings. The zero-order valence-electron chi connectivity index (χ0n) is 10.3. The van der Waals surface area contributed by atoms with Crippen LogP contribution in [0.4, 0.5) is 13.2 Å². The first-order valence-corrected chi connectivity index (χ1v) is 6.10. The predicted molar refractivity (Wildman–Crippen MR) is 66.6 cm³/mol. The monoisotopic (exact) mass is 266 g/mol. The summed E-state index contributed by atoms with van der Waals surface area (Å²) in [7, 11) is 0. The number of hydrogen-bond donors (Lipinski definition) is 0. The zero-order chi connectivity index (χ0) is 13.7. The molecule has 0 bridgehead atoms. The third kappa shape index (κ3) is 4.70. The molecule has 0 saturated heterocycles. The van der Waals surface area contributed by atoms with E-state index in [1.165, 1.54) is 30.7 Å². The normalized spacial score (nSPS) is 15.2. The second kappa shape index (κ2) is 5.83. The summed E-state index contributed by atoms with van der Waals surface area (Å²) in [5.41, 5.74) is 1.79. The van der Waals surface area contributed by atoms with Gasteiger partial charge in [0.05, 0.1) is 0 Å². The van der Waals surface area contributed by atoms with Crippen molar-refractivity contribution in [2.24, 2.45) is 0 Å². The minimum absolute atomic E-state index is 0.227. The molecule has 0 atom stereocenters. The van der Waals surface area contributed by atoms with Crippen molar-refractivity contribution in [3.63, 3.8) is 0 Å². The number of benzene rings is 1. The van der Waals surface area contributed by atoms with Gasteiger partial charge in [0.2, 0.25) is 0 Å². The van der Waals surface area contributed by atoms with Crippen LogP contribution in [0.15, 0.2) is 35.9 Å². The van der Waals surface area contributed by atoms with Crippen LogP contribution in [-0.4, -0.2) is 6.36 Å². The van der Waals surface area contributed by atoms with Crippen LogP contribution in [0.3, 0.4) is 0 Å².